The van der Waals surface area contributed by atoms with E-state index in [4.69, 9.17) is 4.74 Å². The van der Waals surface area contributed by atoms with E-state index < -0.39 is 10.0 Å². The Labute approximate surface area is 149 Å². The van der Waals surface area contributed by atoms with Crippen LogP contribution < -0.4 is 9.64 Å². The number of nitrogens with zero attached hydrogens (tertiary/aromatic N) is 1. The van der Waals surface area contributed by atoms with E-state index in [-0.39, 0.29) is 0 Å². The fourth-order valence-corrected chi connectivity index (χ4v) is 4.64. The SMILES string of the molecule is COc1ccccc1C[NH+]1CCN(S(=O)(=O)c2ccc(C)cc2)CC1. The van der Waals surface area contributed by atoms with Crippen LogP contribution in [0, 0.1) is 6.92 Å². The van der Waals surface area contributed by atoms with Crippen LogP contribution in [0.3, 0.4) is 0 Å². The minimum atomic E-state index is -3.39. The minimum Gasteiger partial charge on any atom is -0.496 e. The highest BCUT2D eigenvalue weighted by Gasteiger charge is 2.30. The van der Waals surface area contributed by atoms with Gasteiger partial charge in [0, 0.05) is 5.56 Å². The molecule has 25 heavy (non-hydrogen) atoms. The van der Waals surface area contributed by atoms with Crippen LogP contribution in [-0.4, -0.2) is 46.0 Å². The maximum Gasteiger partial charge on any atom is 0.243 e. The van der Waals surface area contributed by atoms with Gasteiger partial charge in [-0.15, -0.1) is 0 Å². The number of hydrogen-bond donors (Lipinski definition) is 1. The second-order valence-electron chi connectivity index (χ2n) is 6.46. The van der Waals surface area contributed by atoms with Crippen LogP contribution in [0.5, 0.6) is 5.75 Å². The van der Waals surface area contributed by atoms with E-state index >= 15 is 0 Å². The van der Waals surface area contributed by atoms with Gasteiger partial charge in [-0.05, 0) is 31.2 Å². The Hall–Kier alpha value is -1.89. The van der Waals surface area contributed by atoms with E-state index in [1.807, 2.05) is 37.3 Å². The lowest BCUT2D eigenvalue weighted by atomic mass is 10.2. The number of rotatable bonds is 5. The normalized spacial score (nSPS) is 16.7. The molecule has 5 nitrogen and oxygen atoms in total. The predicted molar refractivity (Wildman–Crippen MR) is 97.3 cm³/mol. The zero-order chi connectivity index (χ0) is 17.9. The number of sulfonamides is 1. The number of methoxy groups -OCH3 is 1. The molecule has 0 unspecified atom stereocenters. The summed E-state index contributed by atoms with van der Waals surface area (Å²) >= 11 is 0. The van der Waals surface area contributed by atoms with Crippen molar-refractivity contribution in [3.8, 4) is 5.75 Å². The van der Waals surface area contributed by atoms with Crippen molar-refractivity contribution in [2.75, 3.05) is 33.3 Å². The van der Waals surface area contributed by atoms with Gasteiger partial charge in [0.05, 0.1) is 38.2 Å². The molecule has 1 aliphatic rings. The van der Waals surface area contributed by atoms with E-state index in [2.05, 4.69) is 6.07 Å². The minimum absolute atomic E-state index is 0.381. The van der Waals surface area contributed by atoms with Gasteiger partial charge in [0.15, 0.2) is 0 Å². The van der Waals surface area contributed by atoms with Crippen LogP contribution in [0.1, 0.15) is 11.1 Å². The fraction of sp³-hybridized carbons (Fsp3) is 0.368. The molecule has 0 aromatic heterocycles. The summed E-state index contributed by atoms with van der Waals surface area (Å²) in [4.78, 5) is 1.76. The number of benzene rings is 2. The van der Waals surface area contributed by atoms with Crippen molar-refractivity contribution < 1.29 is 18.1 Å². The lowest BCUT2D eigenvalue weighted by molar-refractivity contribution is -0.917. The lowest BCUT2D eigenvalue weighted by Crippen LogP contribution is -3.13. The van der Waals surface area contributed by atoms with E-state index in [9.17, 15) is 8.42 Å². The Kier molecular flexibility index (Phi) is 5.42. The monoisotopic (exact) mass is 361 g/mol. The third-order valence-electron chi connectivity index (χ3n) is 4.72. The van der Waals surface area contributed by atoms with Crippen LogP contribution in [-0.2, 0) is 16.6 Å². The zero-order valence-corrected chi connectivity index (χ0v) is 15.6. The first-order chi connectivity index (χ1) is 12.0. The molecule has 0 saturated carbocycles. The molecule has 0 aliphatic carbocycles. The van der Waals surface area contributed by atoms with E-state index in [0.717, 1.165) is 36.5 Å². The van der Waals surface area contributed by atoms with Gasteiger partial charge in [0.2, 0.25) is 10.0 Å². The summed E-state index contributed by atoms with van der Waals surface area (Å²) < 4.78 is 32.5. The molecular weight excluding hydrogens is 336 g/mol. The molecule has 1 heterocycles. The summed E-state index contributed by atoms with van der Waals surface area (Å²) in [5, 5.41) is 0. The first-order valence-corrected chi connectivity index (χ1v) is 9.97. The number of piperazine rings is 1. The Balaban J connectivity index is 1.64. The van der Waals surface area contributed by atoms with Crippen molar-refractivity contribution in [3.05, 3.63) is 59.7 Å². The largest absolute Gasteiger partial charge is 0.496 e. The Morgan fingerprint density at radius 2 is 1.68 bits per heavy atom. The molecule has 0 spiro atoms. The fourth-order valence-electron chi connectivity index (χ4n) is 3.20. The molecule has 1 N–H and O–H groups in total. The number of para-hydroxylation sites is 1. The first-order valence-electron chi connectivity index (χ1n) is 8.53. The molecule has 2 aromatic carbocycles. The van der Waals surface area contributed by atoms with Gasteiger partial charge < -0.3 is 9.64 Å². The van der Waals surface area contributed by atoms with Gasteiger partial charge in [-0.1, -0.05) is 29.8 Å². The zero-order valence-electron chi connectivity index (χ0n) is 14.7. The molecule has 6 heteroatoms. The van der Waals surface area contributed by atoms with Gasteiger partial charge in [0.25, 0.3) is 0 Å². The quantitative estimate of drug-likeness (QED) is 0.868. The van der Waals surface area contributed by atoms with E-state index in [1.165, 1.54) is 4.90 Å². The van der Waals surface area contributed by atoms with E-state index in [0.29, 0.717) is 18.0 Å². The lowest BCUT2D eigenvalue weighted by Gasteiger charge is -2.31. The smallest absolute Gasteiger partial charge is 0.243 e. The summed E-state index contributed by atoms with van der Waals surface area (Å²) in [5.74, 6) is 0.893. The summed E-state index contributed by atoms with van der Waals surface area (Å²) in [7, 11) is -1.71. The molecule has 0 atom stereocenters. The van der Waals surface area contributed by atoms with Crippen LogP contribution in [0.25, 0.3) is 0 Å². The van der Waals surface area contributed by atoms with Gasteiger partial charge in [-0.3, -0.25) is 0 Å². The van der Waals surface area contributed by atoms with Crippen LogP contribution in [0.15, 0.2) is 53.4 Å². The van der Waals surface area contributed by atoms with Crippen molar-refractivity contribution in [1.29, 1.82) is 0 Å². The molecule has 0 radical (unpaired) electrons. The highest BCUT2D eigenvalue weighted by molar-refractivity contribution is 7.89. The molecule has 0 amide bonds. The summed E-state index contributed by atoms with van der Waals surface area (Å²) in [6.07, 6.45) is 0. The third kappa shape index (κ3) is 4.03. The van der Waals surface area contributed by atoms with E-state index in [1.54, 1.807) is 23.5 Å². The molecule has 3 rings (SSSR count). The third-order valence-corrected chi connectivity index (χ3v) is 6.63. The number of quaternary nitrogens is 1. The van der Waals surface area contributed by atoms with Gasteiger partial charge in [-0.25, -0.2) is 8.42 Å². The van der Waals surface area contributed by atoms with Crippen molar-refractivity contribution in [2.45, 2.75) is 18.4 Å². The average Bonchev–Trinajstić information content (AvgIpc) is 2.63. The summed E-state index contributed by atoms with van der Waals surface area (Å²) in [6, 6.07) is 15.1. The van der Waals surface area contributed by atoms with Gasteiger partial charge in [-0.2, -0.15) is 4.31 Å². The van der Waals surface area contributed by atoms with Gasteiger partial charge >= 0.3 is 0 Å². The predicted octanol–water partition coefficient (Wildman–Crippen LogP) is 1.09. The van der Waals surface area contributed by atoms with Crippen molar-refractivity contribution in [1.82, 2.24) is 4.31 Å². The molecular formula is C19H25N2O3S+. The standard InChI is InChI=1S/C19H24N2O3S/c1-16-7-9-18(10-8-16)25(22,23)21-13-11-20(12-14-21)15-17-5-3-4-6-19(17)24-2/h3-10H,11-15H2,1-2H3/p+1. The van der Waals surface area contributed by atoms with Crippen LogP contribution in [0.4, 0.5) is 0 Å². The van der Waals surface area contributed by atoms with Crippen molar-refractivity contribution >= 4 is 10.0 Å². The molecule has 1 aliphatic heterocycles. The Morgan fingerprint density at radius 1 is 1.04 bits per heavy atom. The number of ether oxygens (including phenoxy) is 1. The number of nitrogens with one attached hydrogen (secondary N) is 1. The average molecular weight is 361 g/mol. The molecule has 2 aromatic rings. The maximum absolute atomic E-state index is 12.8. The molecule has 1 fully saturated rings. The molecule has 1 saturated heterocycles. The second kappa shape index (κ2) is 7.56. The topological polar surface area (TPSA) is 51.1 Å². The first kappa shape index (κ1) is 17.9. The van der Waals surface area contributed by atoms with Crippen molar-refractivity contribution in [3.63, 3.8) is 0 Å². The molecule has 134 valence electrons. The maximum atomic E-state index is 12.8. The summed E-state index contributed by atoms with van der Waals surface area (Å²) in [6.45, 7) is 5.48. The van der Waals surface area contributed by atoms with Gasteiger partial charge in [0.1, 0.15) is 12.3 Å². The highest BCUT2D eigenvalue weighted by Crippen LogP contribution is 2.18. The number of aryl methyl sites for hydroxylation is 1. The van der Waals surface area contributed by atoms with Crippen LogP contribution >= 0.6 is 0 Å². The number of hydrogen-bond acceptors (Lipinski definition) is 3. The van der Waals surface area contributed by atoms with Crippen LogP contribution in [0.2, 0.25) is 0 Å². The Morgan fingerprint density at radius 3 is 2.32 bits per heavy atom. The molecule has 0 bridgehead atoms. The Bertz CT molecular complexity index is 811. The van der Waals surface area contributed by atoms with Crippen molar-refractivity contribution in [2.24, 2.45) is 0 Å². The highest BCUT2D eigenvalue weighted by atomic mass is 32.2. The summed E-state index contributed by atoms with van der Waals surface area (Å²) in [5.41, 5.74) is 2.22. The second-order valence-corrected chi connectivity index (χ2v) is 8.39.